The first-order valence-electron chi connectivity index (χ1n) is 6.98. The molecule has 118 valence electrons. The van der Waals surface area contributed by atoms with Crippen molar-refractivity contribution >= 4 is 17.8 Å². The topological polar surface area (TPSA) is 105 Å². The van der Waals surface area contributed by atoms with E-state index in [0.717, 1.165) is 5.56 Å². The first-order valence-corrected chi connectivity index (χ1v) is 6.98. The Labute approximate surface area is 127 Å². The number of amides is 2. The Balaban J connectivity index is 1.89. The number of rotatable bonds is 5. The van der Waals surface area contributed by atoms with Crippen LogP contribution in [0.3, 0.4) is 0 Å². The molecule has 2 amide bonds. The van der Waals surface area contributed by atoms with Crippen molar-refractivity contribution < 1.29 is 24.2 Å². The second-order valence-corrected chi connectivity index (χ2v) is 5.03. The summed E-state index contributed by atoms with van der Waals surface area (Å²) in [7, 11) is 1.55. The highest BCUT2D eigenvalue weighted by Crippen LogP contribution is 2.20. The van der Waals surface area contributed by atoms with Crippen molar-refractivity contribution in [1.82, 2.24) is 10.6 Å². The van der Waals surface area contributed by atoms with E-state index in [9.17, 15) is 14.4 Å². The number of carbonyl (C=O) groups is 3. The SMILES string of the molecule is CNC(=O)c1cccc(CNC(=O)[C@@H]2CC[C@H](C(=O)O)O2)c1. The van der Waals surface area contributed by atoms with Crippen molar-refractivity contribution in [3.05, 3.63) is 35.4 Å². The van der Waals surface area contributed by atoms with Crippen molar-refractivity contribution in [2.75, 3.05) is 7.05 Å². The maximum absolute atomic E-state index is 12.0. The first-order chi connectivity index (χ1) is 10.5. The summed E-state index contributed by atoms with van der Waals surface area (Å²) in [5.41, 5.74) is 1.29. The summed E-state index contributed by atoms with van der Waals surface area (Å²) in [5, 5.41) is 14.1. The van der Waals surface area contributed by atoms with Gasteiger partial charge in [0.05, 0.1) is 0 Å². The Morgan fingerprint density at radius 2 is 2.00 bits per heavy atom. The molecule has 1 heterocycles. The molecule has 0 bridgehead atoms. The van der Waals surface area contributed by atoms with Gasteiger partial charge in [0.15, 0.2) is 6.10 Å². The van der Waals surface area contributed by atoms with Crippen LogP contribution in [0.4, 0.5) is 0 Å². The van der Waals surface area contributed by atoms with E-state index in [-0.39, 0.29) is 18.4 Å². The van der Waals surface area contributed by atoms with Crippen LogP contribution in [0.5, 0.6) is 0 Å². The van der Waals surface area contributed by atoms with Crippen LogP contribution < -0.4 is 10.6 Å². The number of ether oxygens (including phenoxy) is 1. The van der Waals surface area contributed by atoms with Crippen molar-refractivity contribution in [2.45, 2.75) is 31.6 Å². The molecule has 2 atom stereocenters. The molecule has 7 heteroatoms. The molecule has 1 aromatic rings. The van der Waals surface area contributed by atoms with Gasteiger partial charge in [0.1, 0.15) is 6.10 Å². The molecule has 0 radical (unpaired) electrons. The van der Waals surface area contributed by atoms with Gasteiger partial charge in [-0.3, -0.25) is 9.59 Å². The van der Waals surface area contributed by atoms with Crippen LogP contribution in [-0.4, -0.2) is 42.1 Å². The number of hydrogen-bond acceptors (Lipinski definition) is 4. The summed E-state index contributed by atoms with van der Waals surface area (Å²) in [5.74, 6) is -1.58. The lowest BCUT2D eigenvalue weighted by Gasteiger charge is -2.12. The van der Waals surface area contributed by atoms with E-state index in [2.05, 4.69) is 10.6 Å². The quantitative estimate of drug-likeness (QED) is 0.725. The fourth-order valence-corrected chi connectivity index (χ4v) is 2.28. The standard InChI is InChI=1S/C15H18N2O5/c1-16-13(18)10-4-2-3-9(7-10)8-17-14(19)11-5-6-12(22-11)15(20)21/h2-4,7,11-12H,5-6,8H2,1H3,(H,16,18)(H,17,19)(H,20,21)/t11-,12+/m0/s1. The van der Waals surface area contributed by atoms with Crippen LogP contribution >= 0.6 is 0 Å². The van der Waals surface area contributed by atoms with Crippen molar-refractivity contribution in [1.29, 1.82) is 0 Å². The Kier molecular flexibility index (Phi) is 5.11. The lowest BCUT2D eigenvalue weighted by Crippen LogP contribution is -2.35. The molecule has 0 aromatic heterocycles. The average Bonchev–Trinajstić information content (AvgIpc) is 3.02. The van der Waals surface area contributed by atoms with Gasteiger partial charge in [-0.1, -0.05) is 12.1 Å². The van der Waals surface area contributed by atoms with E-state index in [1.807, 2.05) is 0 Å². The first kappa shape index (κ1) is 16.0. The molecule has 0 spiro atoms. The summed E-state index contributed by atoms with van der Waals surface area (Å²) in [6.45, 7) is 0.251. The monoisotopic (exact) mass is 306 g/mol. The molecule has 1 saturated heterocycles. The molecule has 1 aliphatic heterocycles. The lowest BCUT2D eigenvalue weighted by molar-refractivity contribution is -0.151. The number of carbonyl (C=O) groups excluding carboxylic acids is 2. The van der Waals surface area contributed by atoms with Crippen LogP contribution in [0.25, 0.3) is 0 Å². The Morgan fingerprint density at radius 1 is 1.27 bits per heavy atom. The summed E-state index contributed by atoms with van der Waals surface area (Å²) >= 11 is 0. The van der Waals surface area contributed by atoms with Crippen molar-refractivity contribution in [3.8, 4) is 0 Å². The lowest BCUT2D eigenvalue weighted by atomic mass is 10.1. The highest BCUT2D eigenvalue weighted by atomic mass is 16.5. The molecule has 3 N–H and O–H groups in total. The third-order valence-electron chi connectivity index (χ3n) is 3.47. The predicted molar refractivity (Wildman–Crippen MR) is 77.2 cm³/mol. The molecule has 22 heavy (non-hydrogen) atoms. The van der Waals surface area contributed by atoms with E-state index in [4.69, 9.17) is 9.84 Å². The average molecular weight is 306 g/mol. The van der Waals surface area contributed by atoms with E-state index in [1.165, 1.54) is 0 Å². The fraction of sp³-hybridized carbons (Fsp3) is 0.400. The fourth-order valence-electron chi connectivity index (χ4n) is 2.28. The van der Waals surface area contributed by atoms with Crippen molar-refractivity contribution in [3.63, 3.8) is 0 Å². The third-order valence-corrected chi connectivity index (χ3v) is 3.47. The van der Waals surface area contributed by atoms with Crippen LogP contribution in [0.2, 0.25) is 0 Å². The van der Waals surface area contributed by atoms with Gasteiger partial charge in [-0.25, -0.2) is 4.79 Å². The van der Waals surface area contributed by atoms with Gasteiger partial charge in [-0.2, -0.15) is 0 Å². The number of carboxylic acid groups (broad SMARTS) is 1. The number of hydrogen-bond donors (Lipinski definition) is 3. The second-order valence-electron chi connectivity index (χ2n) is 5.03. The van der Waals surface area contributed by atoms with E-state index in [1.54, 1.807) is 31.3 Å². The van der Waals surface area contributed by atoms with Crippen LogP contribution in [0.15, 0.2) is 24.3 Å². The molecular formula is C15H18N2O5. The largest absolute Gasteiger partial charge is 0.479 e. The summed E-state index contributed by atoms with van der Waals surface area (Å²) in [6.07, 6.45) is -0.920. The van der Waals surface area contributed by atoms with E-state index >= 15 is 0 Å². The van der Waals surface area contributed by atoms with Gasteiger partial charge >= 0.3 is 5.97 Å². The Morgan fingerprint density at radius 3 is 2.64 bits per heavy atom. The number of aliphatic carboxylic acids is 1. The molecule has 1 aromatic carbocycles. The maximum atomic E-state index is 12.0. The Bertz CT molecular complexity index is 587. The maximum Gasteiger partial charge on any atom is 0.332 e. The molecule has 1 aliphatic rings. The minimum absolute atomic E-state index is 0.198. The number of nitrogens with one attached hydrogen (secondary N) is 2. The molecule has 0 aliphatic carbocycles. The molecule has 2 rings (SSSR count). The van der Waals surface area contributed by atoms with Gasteiger partial charge in [0.25, 0.3) is 5.91 Å². The molecule has 7 nitrogen and oxygen atoms in total. The van der Waals surface area contributed by atoms with Gasteiger partial charge in [-0.05, 0) is 30.5 Å². The molecule has 0 unspecified atom stereocenters. The van der Waals surface area contributed by atoms with E-state index < -0.39 is 18.2 Å². The highest BCUT2D eigenvalue weighted by molar-refractivity contribution is 5.94. The summed E-state index contributed by atoms with van der Waals surface area (Å²) < 4.78 is 5.18. The normalized spacial score (nSPS) is 20.4. The molecule has 0 saturated carbocycles. The van der Waals surface area contributed by atoms with Gasteiger partial charge in [-0.15, -0.1) is 0 Å². The minimum Gasteiger partial charge on any atom is -0.479 e. The summed E-state index contributed by atoms with van der Waals surface area (Å²) in [4.78, 5) is 34.3. The smallest absolute Gasteiger partial charge is 0.332 e. The van der Waals surface area contributed by atoms with Crippen molar-refractivity contribution in [2.24, 2.45) is 0 Å². The molecular weight excluding hydrogens is 288 g/mol. The van der Waals surface area contributed by atoms with Gasteiger partial charge in [0, 0.05) is 19.2 Å². The number of carboxylic acids is 1. The Hall–Kier alpha value is -2.41. The minimum atomic E-state index is -1.05. The van der Waals surface area contributed by atoms with Crippen LogP contribution in [0.1, 0.15) is 28.8 Å². The van der Waals surface area contributed by atoms with Crippen LogP contribution in [-0.2, 0) is 20.9 Å². The van der Waals surface area contributed by atoms with Gasteiger partial charge < -0.3 is 20.5 Å². The zero-order valence-corrected chi connectivity index (χ0v) is 12.2. The second kappa shape index (κ2) is 7.04. The predicted octanol–water partition coefficient (Wildman–Crippen LogP) is 0.295. The summed E-state index contributed by atoms with van der Waals surface area (Å²) in [6, 6.07) is 6.90. The highest BCUT2D eigenvalue weighted by Gasteiger charge is 2.34. The van der Waals surface area contributed by atoms with E-state index in [0.29, 0.717) is 18.4 Å². The van der Waals surface area contributed by atoms with Gasteiger partial charge in [0.2, 0.25) is 5.91 Å². The van der Waals surface area contributed by atoms with Crippen LogP contribution in [0, 0.1) is 0 Å². The zero-order valence-electron chi connectivity index (χ0n) is 12.2. The number of benzene rings is 1. The molecule has 1 fully saturated rings. The zero-order chi connectivity index (χ0) is 16.1. The third kappa shape index (κ3) is 3.82.